The number of morpholine rings is 1. The zero-order valence-corrected chi connectivity index (χ0v) is 23.2. The first-order valence-corrected chi connectivity index (χ1v) is 13.3. The van der Waals surface area contributed by atoms with Crippen LogP contribution in [0, 0.1) is 0 Å². The Kier molecular flexibility index (Phi) is 9.78. The van der Waals surface area contributed by atoms with E-state index >= 15 is 0 Å². The molecule has 1 atom stereocenters. The summed E-state index contributed by atoms with van der Waals surface area (Å²) in [6.07, 6.45) is 0.807. The van der Waals surface area contributed by atoms with Gasteiger partial charge in [0.15, 0.2) is 0 Å². The van der Waals surface area contributed by atoms with Crippen LogP contribution in [0.25, 0.3) is 0 Å². The number of methoxy groups -OCH3 is 3. The molecule has 0 aromatic heterocycles. The number of carbonyl (C=O) groups excluding carboxylic acids is 2. The highest BCUT2D eigenvalue weighted by Gasteiger charge is 2.36. The van der Waals surface area contributed by atoms with E-state index < -0.39 is 6.04 Å². The number of hydrogen-bond donors (Lipinski definition) is 0. The summed E-state index contributed by atoms with van der Waals surface area (Å²) in [7, 11) is 4.83. The minimum atomic E-state index is -0.419. The van der Waals surface area contributed by atoms with Gasteiger partial charge in [0.2, 0.25) is 5.91 Å². The molecular formula is C29H38N4O6. The number of carbonyl (C=O) groups is 2. The Labute approximate surface area is 230 Å². The van der Waals surface area contributed by atoms with E-state index in [0.717, 1.165) is 35.7 Å². The van der Waals surface area contributed by atoms with Crippen LogP contribution in [0.3, 0.4) is 0 Å². The van der Waals surface area contributed by atoms with Crippen LogP contribution in [0.5, 0.6) is 17.2 Å². The van der Waals surface area contributed by atoms with Gasteiger partial charge >= 0.3 is 0 Å². The van der Waals surface area contributed by atoms with E-state index in [0.29, 0.717) is 50.6 Å². The number of amides is 2. The van der Waals surface area contributed by atoms with E-state index in [1.807, 2.05) is 49.4 Å². The fourth-order valence-electron chi connectivity index (χ4n) is 4.88. The van der Waals surface area contributed by atoms with Crippen LogP contribution < -0.4 is 14.2 Å². The summed E-state index contributed by atoms with van der Waals surface area (Å²) in [6, 6.07) is 12.7. The van der Waals surface area contributed by atoms with Crippen molar-refractivity contribution in [2.75, 3.05) is 67.3 Å². The predicted molar refractivity (Wildman–Crippen MR) is 147 cm³/mol. The molecule has 2 aromatic rings. The molecule has 2 aromatic carbocycles. The van der Waals surface area contributed by atoms with Crippen LogP contribution in [-0.4, -0.2) is 99.6 Å². The molecule has 10 heteroatoms. The summed E-state index contributed by atoms with van der Waals surface area (Å²) in [5.74, 6) is 1.72. The molecule has 2 aliphatic rings. The highest BCUT2D eigenvalue weighted by Crippen LogP contribution is 2.39. The normalized spacial score (nSPS) is 17.5. The van der Waals surface area contributed by atoms with E-state index in [-0.39, 0.29) is 18.4 Å². The van der Waals surface area contributed by atoms with Crippen molar-refractivity contribution in [3.8, 4) is 17.2 Å². The third-order valence-electron chi connectivity index (χ3n) is 7.16. The van der Waals surface area contributed by atoms with Crippen LogP contribution in [0.2, 0.25) is 0 Å². The second-order valence-corrected chi connectivity index (χ2v) is 9.46. The van der Waals surface area contributed by atoms with Crippen molar-refractivity contribution in [1.29, 1.82) is 0 Å². The van der Waals surface area contributed by atoms with Gasteiger partial charge in [-0.05, 0) is 48.0 Å². The molecule has 1 fully saturated rings. The summed E-state index contributed by atoms with van der Waals surface area (Å²) < 4.78 is 21.9. The van der Waals surface area contributed by atoms with Crippen molar-refractivity contribution >= 4 is 17.5 Å². The maximum atomic E-state index is 13.8. The Balaban J connectivity index is 1.61. The number of ether oxygens (including phenoxy) is 4. The molecule has 210 valence electrons. The monoisotopic (exact) mass is 538 g/mol. The van der Waals surface area contributed by atoms with Gasteiger partial charge in [-0.2, -0.15) is 5.10 Å². The zero-order chi connectivity index (χ0) is 27.8. The molecule has 10 nitrogen and oxygen atoms in total. The van der Waals surface area contributed by atoms with E-state index in [1.54, 1.807) is 26.2 Å². The lowest BCUT2D eigenvalue weighted by molar-refractivity contribution is -0.141. The summed E-state index contributed by atoms with van der Waals surface area (Å²) in [4.78, 5) is 30.6. The van der Waals surface area contributed by atoms with Gasteiger partial charge in [0, 0.05) is 44.6 Å². The molecule has 0 saturated carbocycles. The fraction of sp³-hybridized carbons (Fsp3) is 0.483. The number of nitrogens with zero attached hydrogens (tertiary/aromatic N) is 4. The predicted octanol–water partition coefficient (Wildman–Crippen LogP) is 2.96. The van der Waals surface area contributed by atoms with Crippen LogP contribution in [-0.2, 0) is 14.3 Å². The molecule has 2 heterocycles. The molecule has 0 unspecified atom stereocenters. The highest BCUT2D eigenvalue weighted by molar-refractivity contribution is 6.03. The molecule has 0 radical (unpaired) electrons. The third-order valence-corrected chi connectivity index (χ3v) is 7.16. The largest absolute Gasteiger partial charge is 0.497 e. The molecule has 0 bridgehead atoms. The molecule has 0 spiro atoms. The summed E-state index contributed by atoms with van der Waals surface area (Å²) in [5.41, 5.74) is 2.45. The molecule has 0 aliphatic carbocycles. The van der Waals surface area contributed by atoms with Gasteiger partial charge in [0.05, 0.1) is 46.3 Å². The first-order valence-electron chi connectivity index (χ1n) is 13.3. The summed E-state index contributed by atoms with van der Waals surface area (Å²) >= 11 is 0. The van der Waals surface area contributed by atoms with Gasteiger partial charge in [-0.15, -0.1) is 0 Å². The van der Waals surface area contributed by atoms with Crippen molar-refractivity contribution in [1.82, 2.24) is 14.8 Å². The maximum Gasteiger partial charge on any atom is 0.262 e. The Morgan fingerprint density at radius 2 is 1.69 bits per heavy atom. The smallest absolute Gasteiger partial charge is 0.262 e. The molecule has 1 saturated heterocycles. The van der Waals surface area contributed by atoms with E-state index in [1.165, 1.54) is 5.01 Å². The molecular weight excluding hydrogens is 500 g/mol. The number of hydrazone groups is 1. The lowest BCUT2D eigenvalue weighted by atomic mass is 9.97. The lowest BCUT2D eigenvalue weighted by Crippen LogP contribution is -2.46. The molecule has 4 rings (SSSR count). The first kappa shape index (κ1) is 28.4. The van der Waals surface area contributed by atoms with Gasteiger partial charge in [0.25, 0.3) is 5.91 Å². The van der Waals surface area contributed by atoms with Gasteiger partial charge in [0.1, 0.15) is 23.8 Å². The summed E-state index contributed by atoms with van der Waals surface area (Å²) in [5, 5.41) is 6.29. The SMILES string of the molecule is CCC(=O)N(CCN1CCOCC1)CC(=O)N1N=C(c2ccc(OC)cc2)C[C@@H]1c1cc(OC)ccc1OC. The van der Waals surface area contributed by atoms with Crippen molar-refractivity contribution in [2.24, 2.45) is 5.10 Å². The third kappa shape index (κ3) is 6.88. The molecule has 0 N–H and O–H groups in total. The van der Waals surface area contributed by atoms with Crippen LogP contribution in [0.15, 0.2) is 47.6 Å². The second-order valence-electron chi connectivity index (χ2n) is 9.46. The summed E-state index contributed by atoms with van der Waals surface area (Å²) in [6.45, 7) is 5.92. The minimum absolute atomic E-state index is 0.0564. The van der Waals surface area contributed by atoms with Gasteiger partial charge in [-0.25, -0.2) is 5.01 Å². The number of hydrogen-bond acceptors (Lipinski definition) is 8. The average molecular weight is 539 g/mol. The topological polar surface area (TPSA) is 93.1 Å². The van der Waals surface area contributed by atoms with Crippen molar-refractivity contribution in [3.63, 3.8) is 0 Å². The Hall–Kier alpha value is -3.63. The minimum Gasteiger partial charge on any atom is -0.497 e. The van der Waals surface area contributed by atoms with Gasteiger partial charge < -0.3 is 23.8 Å². The molecule has 39 heavy (non-hydrogen) atoms. The van der Waals surface area contributed by atoms with Gasteiger partial charge in [-0.3, -0.25) is 14.5 Å². The number of benzene rings is 2. The zero-order valence-electron chi connectivity index (χ0n) is 23.2. The molecule has 2 aliphatic heterocycles. The Morgan fingerprint density at radius 3 is 2.33 bits per heavy atom. The van der Waals surface area contributed by atoms with E-state index in [2.05, 4.69) is 4.90 Å². The standard InChI is InChI=1S/C29H38N4O6/c1-5-28(34)32(13-12-31-14-16-39-17-15-31)20-29(35)33-26(24-18-23(37-3)10-11-27(24)38-4)19-25(30-33)21-6-8-22(36-2)9-7-21/h6-11,18,26H,5,12-17,19-20H2,1-4H3/t26-/m1/s1. The highest BCUT2D eigenvalue weighted by atomic mass is 16.5. The van der Waals surface area contributed by atoms with E-state index in [4.69, 9.17) is 24.0 Å². The van der Waals surface area contributed by atoms with Crippen LogP contribution >= 0.6 is 0 Å². The lowest BCUT2D eigenvalue weighted by Gasteiger charge is -2.31. The van der Waals surface area contributed by atoms with Crippen LogP contribution in [0.4, 0.5) is 0 Å². The molecule has 2 amide bonds. The fourth-order valence-corrected chi connectivity index (χ4v) is 4.88. The van der Waals surface area contributed by atoms with E-state index in [9.17, 15) is 9.59 Å². The average Bonchev–Trinajstić information content (AvgIpc) is 3.44. The van der Waals surface area contributed by atoms with Crippen molar-refractivity contribution < 1.29 is 28.5 Å². The Bertz CT molecular complexity index is 1160. The van der Waals surface area contributed by atoms with Gasteiger partial charge in [-0.1, -0.05) is 6.92 Å². The maximum absolute atomic E-state index is 13.8. The second kappa shape index (κ2) is 13.4. The van der Waals surface area contributed by atoms with Crippen molar-refractivity contribution in [2.45, 2.75) is 25.8 Å². The Morgan fingerprint density at radius 1 is 1.00 bits per heavy atom. The number of rotatable bonds is 11. The van der Waals surface area contributed by atoms with Crippen molar-refractivity contribution in [3.05, 3.63) is 53.6 Å². The first-order chi connectivity index (χ1) is 19.0. The quantitative estimate of drug-likeness (QED) is 0.434. The van der Waals surface area contributed by atoms with Crippen LogP contribution in [0.1, 0.15) is 36.9 Å².